The monoisotopic (exact) mass is 273 g/mol. The molecular formula is C14H15N3O3. The van der Waals surface area contributed by atoms with Crippen LogP contribution in [0.3, 0.4) is 0 Å². The molecule has 20 heavy (non-hydrogen) atoms. The average molecular weight is 273 g/mol. The lowest BCUT2D eigenvalue weighted by Gasteiger charge is -2.07. The third kappa shape index (κ3) is 2.90. The molecule has 0 amide bonds. The van der Waals surface area contributed by atoms with Crippen molar-refractivity contribution >= 4 is 5.97 Å². The van der Waals surface area contributed by atoms with Crippen LogP contribution in [-0.4, -0.2) is 21.2 Å². The van der Waals surface area contributed by atoms with Crippen LogP contribution in [0.5, 0.6) is 0 Å². The normalized spacial score (nSPS) is 10.3. The van der Waals surface area contributed by atoms with Gasteiger partial charge in [0.2, 0.25) is 0 Å². The predicted octanol–water partition coefficient (Wildman–Crippen LogP) is 1.45. The van der Waals surface area contributed by atoms with Crippen LogP contribution in [0.1, 0.15) is 33.0 Å². The van der Waals surface area contributed by atoms with Crippen molar-refractivity contribution in [2.75, 3.05) is 0 Å². The van der Waals surface area contributed by atoms with Crippen molar-refractivity contribution in [3.8, 4) is 0 Å². The number of hydrogen-bond acceptors (Lipinski definition) is 5. The zero-order chi connectivity index (χ0) is 14.7. The van der Waals surface area contributed by atoms with Crippen LogP contribution in [0.25, 0.3) is 0 Å². The third-order valence-corrected chi connectivity index (χ3v) is 2.97. The number of ether oxygens (including phenoxy) is 1. The Hall–Kier alpha value is -2.50. The molecule has 0 aliphatic carbocycles. The number of aromatic nitrogens is 3. The maximum absolute atomic E-state index is 12.0. The van der Waals surface area contributed by atoms with E-state index in [1.165, 1.54) is 0 Å². The van der Waals surface area contributed by atoms with Gasteiger partial charge in [0.1, 0.15) is 12.2 Å². The molecular weight excluding hydrogens is 258 g/mol. The maximum atomic E-state index is 12.0. The minimum atomic E-state index is -0.669. The minimum absolute atomic E-state index is 0.00912. The molecule has 6 heteroatoms. The summed E-state index contributed by atoms with van der Waals surface area (Å²) in [5.41, 5.74) is 2.03. The van der Waals surface area contributed by atoms with Crippen LogP contribution in [0, 0.1) is 20.8 Å². The largest absolute Gasteiger partial charge is 0.455 e. The van der Waals surface area contributed by atoms with Gasteiger partial charge in [0.25, 0.3) is 5.56 Å². The molecule has 0 aliphatic heterocycles. The molecule has 0 bridgehead atoms. The number of aromatic amines is 1. The van der Waals surface area contributed by atoms with E-state index in [1.54, 1.807) is 19.9 Å². The van der Waals surface area contributed by atoms with Crippen LogP contribution in [0.15, 0.2) is 23.0 Å². The van der Waals surface area contributed by atoms with Gasteiger partial charge in [-0.15, -0.1) is 0 Å². The third-order valence-electron chi connectivity index (χ3n) is 2.97. The number of rotatable bonds is 3. The average Bonchev–Trinajstić information content (AvgIpc) is 2.41. The summed E-state index contributed by atoms with van der Waals surface area (Å²) in [6, 6.07) is 5.45. The quantitative estimate of drug-likeness (QED) is 0.855. The smallest absolute Gasteiger partial charge is 0.344 e. The first kappa shape index (κ1) is 13.9. The number of nitrogens with one attached hydrogen (secondary N) is 1. The SMILES string of the molecule is Cc1cccc(COC(=O)c2c(C)c(C)n[nH]c2=O)n1. The number of aryl methyl sites for hydroxylation is 2. The Bertz CT molecular complexity index is 707. The van der Waals surface area contributed by atoms with Gasteiger partial charge in [-0.05, 0) is 38.5 Å². The highest BCUT2D eigenvalue weighted by Crippen LogP contribution is 2.08. The summed E-state index contributed by atoms with van der Waals surface area (Å²) in [7, 11) is 0. The minimum Gasteiger partial charge on any atom is -0.455 e. The Morgan fingerprint density at radius 2 is 2.05 bits per heavy atom. The van der Waals surface area contributed by atoms with Crippen LogP contribution >= 0.6 is 0 Å². The van der Waals surface area contributed by atoms with Gasteiger partial charge >= 0.3 is 5.97 Å². The molecule has 2 aromatic rings. The molecule has 6 nitrogen and oxygen atoms in total. The summed E-state index contributed by atoms with van der Waals surface area (Å²) in [5.74, 6) is -0.669. The van der Waals surface area contributed by atoms with E-state index >= 15 is 0 Å². The summed E-state index contributed by atoms with van der Waals surface area (Å²) in [5, 5.41) is 6.07. The Morgan fingerprint density at radius 3 is 2.75 bits per heavy atom. The Morgan fingerprint density at radius 1 is 1.30 bits per heavy atom. The molecule has 0 radical (unpaired) electrons. The number of H-pyrrole nitrogens is 1. The van der Waals surface area contributed by atoms with E-state index in [0.717, 1.165) is 5.69 Å². The molecule has 2 aromatic heterocycles. The van der Waals surface area contributed by atoms with Crippen molar-refractivity contribution in [3.63, 3.8) is 0 Å². The van der Waals surface area contributed by atoms with Crippen molar-refractivity contribution in [3.05, 3.63) is 56.8 Å². The van der Waals surface area contributed by atoms with Gasteiger partial charge in [-0.2, -0.15) is 5.10 Å². The number of carbonyl (C=O) groups is 1. The first-order chi connectivity index (χ1) is 9.49. The van der Waals surface area contributed by atoms with Gasteiger partial charge in [-0.25, -0.2) is 9.89 Å². The topological polar surface area (TPSA) is 84.9 Å². The molecule has 0 fully saturated rings. The molecule has 2 heterocycles. The van der Waals surface area contributed by atoms with E-state index in [2.05, 4.69) is 15.2 Å². The van der Waals surface area contributed by atoms with Gasteiger partial charge in [0.05, 0.1) is 11.4 Å². The predicted molar refractivity (Wildman–Crippen MR) is 72.4 cm³/mol. The molecule has 0 aromatic carbocycles. The van der Waals surface area contributed by atoms with Crippen molar-refractivity contribution in [1.29, 1.82) is 0 Å². The number of pyridine rings is 1. The molecule has 0 saturated heterocycles. The fourth-order valence-corrected chi connectivity index (χ4v) is 1.76. The van der Waals surface area contributed by atoms with Gasteiger partial charge in [0.15, 0.2) is 0 Å². The molecule has 2 rings (SSSR count). The lowest BCUT2D eigenvalue weighted by molar-refractivity contribution is 0.0464. The second kappa shape index (κ2) is 5.64. The molecule has 0 spiro atoms. The van der Waals surface area contributed by atoms with Gasteiger partial charge < -0.3 is 4.74 Å². The van der Waals surface area contributed by atoms with Crippen LogP contribution in [-0.2, 0) is 11.3 Å². The summed E-state index contributed by atoms with van der Waals surface area (Å²) in [6.45, 7) is 5.26. The summed E-state index contributed by atoms with van der Waals surface area (Å²) in [6.07, 6.45) is 0. The van der Waals surface area contributed by atoms with Gasteiger partial charge in [0, 0.05) is 5.69 Å². The van der Waals surface area contributed by atoms with E-state index in [-0.39, 0.29) is 12.2 Å². The van der Waals surface area contributed by atoms with Crippen LogP contribution in [0.2, 0.25) is 0 Å². The fraction of sp³-hybridized carbons (Fsp3) is 0.286. The number of hydrogen-bond donors (Lipinski definition) is 1. The summed E-state index contributed by atoms with van der Waals surface area (Å²) >= 11 is 0. The molecule has 1 N–H and O–H groups in total. The lowest BCUT2D eigenvalue weighted by atomic mass is 10.1. The maximum Gasteiger partial charge on any atom is 0.344 e. The number of carbonyl (C=O) groups excluding carboxylic acids is 1. The number of nitrogens with zero attached hydrogens (tertiary/aromatic N) is 2. The van der Waals surface area contributed by atoms with Crippen LogP contribution < -0.4 is 5.56 Å². The van der Waals surface area contributed by atoms with Crippen molar-refractivity contribution in [2.45, 2.75) is 27.4 Å². The Balaban J connectivity index is 2.17. The second-order valence-electron chi connectivity index (χ2n) is 4.48. The Labute approximate surface area is 115 Å². The molecule has 0 atom stereocenters. The zero-order valence-corrected chi connectivity index (χ0v) is 11.6. The summed E-state index contributed by atoms with van der Waals surface area (Å²) in [4.78, 5) is 27.9. The van der Waals surface area contributed by atoms with E-state index in [9.17, 15) is 9.59 Å². The van der Waals surface area contributed by atoms with E-state index in [4.69, 9.17) is 4.74 Å². The Kier molecular flexibility index (Phi) is 3.93. The molecule has 104 valence electrons. The van der Waals surface area contributed by atoms with Crippen LogP contribution in [0.4, 0.5) is 0 Å². The standard InChI is InChI=1S/C14H15N3O3/c1-8-5-4-6-11(15-8)7-20-14(19)12-9(2)10(3)16-17-13(12)18/h4-6H,7H2,1-3H3,(H,17,18). The lowest BCUT2D eigenvalue weighted by Crippen LogP contribution is -2.23. The van der Waals surface area contributed by atoms with Crippen molar-refractivity contribution in [2.24, 2.45) is 0 Å². The van der Waals surface area contributed by atoms with Crippen molar-refractivity contribution in [1.82, 2.24) is 15.2 Å². The number of esters is 1. The van der Waals surface area contributed by atoms with Gasteiger partial charge in [-0.1, -0.05) is 6.07 Å². The highest BCUT2D eigenvalue weighted by atomic mass is 16.5. The van der Waals surface area contributed by atoms with Gasteiger partial charge in [-0.3, -0.25) is 9.78 Å². The molecule has 0 unspecified atom stereocenters. The highest BCUT2D eigenvalue weighted by molar-refractivity contribution is 5.90. The summed E-state index contributed by atoms with van der Waals surface area (Å²) < 4.78 is 5.14. The first-order valence-corrected chi connectivity index (χ1v) is 6.14. The highest BCUT2D eigenvalue weighted by Gasteiger charge is 2.17. The molecule has 0 saturated carbocycles. The van der Waals surface area contributed by atoms with E-state index in [0.29, 0.717) is 17.0 Å². The van der Waals surface area contributed by atoms with E-state index in [1.807, 2.05) is 19.1 Å². The fourth-order valence-electron chi connectivity index (χ4n) is 1.76. The second-order valence-corrected chi connectivity index (χ2v) is 4.48. The van der Waals surface area contributed by atoms with E-state index < -0.39 is 11.5 Å². The zero-order valence-electron chi connectivity index (χ0n) is 11.6. The van der Waals surface area contributed by atoms with Crippen molar-refractivity contribution < 1.29 is 9.53 Å². The first-order valence-electron chi connectivity index (χ1n) is 6.14. The molecule has 0 aliphatic rings.